The summed E-state index contributed by atoms with van der Waals surface area (Å²) in [6.07, 6.45) is -0.194. The Morgan fingerprint density at radius 1 is 1.02 bits per heavy atom. The maximum Gasteiger partial charge on any atom is 0.297 e. The van der Waals surface area contributed by atoms with Gasteiger partial charge in [-0.3, -0.25) is 39.1 Å². The van der Waals surface area contributed by atoms with Crippen molar-refractivity contribution in [2.45, 2.75) is 49.5 Å². The van der Waals surface area contributed by atoms with Gasteiger partial charge in [-0.05, 0) is 30.7 Å². The number of sulfonamides is 1. The molecule has 0 saturated carbocycles. The molecule has 1 fully saturated rings. The van der Waals surface area contributed by atoms with E-state index in [-0.39, 0.29) is 41.8 Å². The molecule has 1 unspecified atom stereocenters. The second-order valence-electron chi connectivity index (χ2n) is 10.7. The van der Waals surface area contributed by atoms with E-state index >= 15 is 0 Å². The summed E-state index contributed by atoms with van der Waals surface area (Å²) in [5.74, 6) is -2.94. The number of rotatable bonds is 9. The average molecular weight is 589 g/mol. The molecule has 0 aromatic heterocycles. The van der Waals surface area contributed by atoms with E-state index in [0.29, 0.717) is 6.61 Å². The van der Waals surface area contributed by atoms with Crippen LogP contribution >= 0.6 is 0 Å². The Kier molecular flexibility index (Phi) is 7.77. The molecule has 212 valence electrons. The lowest BCUT2D eigenvalue weighted by Gasteiger charge is -2.34. The molecule has 1 atom stereocenters. The second-order valence-corrected chi connectivity index (χ2v) is 17.9. The van der Waals surface area contributed by atoms with Crippen molar-refractivity contribution in [3.05, 3.63) is 57.6 Å². The number of carbonyl (C=O) groups excluding carboxylic acids is 4. The number of nitrogens with zero attached hydrogens (tertiary/aromatic N) is 3. The van der Waals surface area contributed by atoms with E-state index in [2.05, 4.69) is 19.6 Å². The van der Waals surface area contributed by atoms with Gasteiger partial charge in [-0.1, -0.05) is 37.8 Å². The van der Waals surface area contributed by atoms with Crippen molar-refractivity contribution in [2.75, 3.05) is 13.3 Å². The van der Waals surface area contributed by atoms with Crippen LogP contribution in [0.5, 0.6) is 0 Å². The minimum absolute atomic E-state index is 0.0681. The molecule has 13 nitrogen and oxygen atoms in total. The van der Waals surface area contributed by atoms with Gasteiger partial charge in [0.25, 0.3) is 23.4 Å². The zero-order valence-electron chi connectivity index (χ0n) is 22.1. The number of primary sulfonamides is 1. The lowest BCUT2D eigenvalue weighted by atomic mass is 9.95. The lowest BCUT2D eigenvalue weighted by molar-refractivity contribution is -0.387. The number of nitro benzene ring substituents is 1. The third-order valence-electron chi connectivity index (χ3n) is 6.74. The zero-order chi connectivity index (χ0) is 29.6. The number of fused-ring (bicyclic) bond motifs is 1. The number of piperidine rings is 1. The Morgan fingerprint density at radius 3 is 2.27 bits per heavy atom. The van der Waals surface area contributed by atoms with Crippen molar-refractivity contribution in [1.82, 2.24) is 9.80 Å². The Balaban J connectivity index is 1.69. The summed E-state index contributed by atoms with van der Waals surface area (Å²) in [7, 11) is -5.93. The number of likely N-dealkylation sites (tertiary alicyclic amines) is 1. The second kappa shape index (κ2) is 10.6. The summed E-state index contributed by atoms with van der Waals surface area (Å²) in [4.78, 5) is 64.8. The molecule has 15 heteroatoms. The fourth-order valence-electron chi connectivity index (χ4n) is 4.70. The first-order chi connectivity index (χ1) is 18.6. The summed E-state index contributed by atoms with van der Waals surface area (Å²) >= 11 is 0. The number of nitrogens with two attached hydrogens (primary N) is 1. The van der Waals surface area contributed by atoms with Gasteiger partial charge in [0, 0.05) is 26.7 Å². The zero-order valence-corrected chi connectivity index (χ0v) is 23.9. The van der Waals surface area contributed by atoms with Gasteiger partial charge in [0.2, 0.25) is 15.9 Å². The van der Waals surface area contributed by atoms with Crippen LogP contribution in [0.4, 0.5) is 5.69 Å². The molecular weight excluding hydrogens is 560 g/mol. The predicted molar refractivity (Wildman–Crippen MR) is 144 cm³/mol. The van der Waals surface area contributed by atoms with Gasteiger partial charge in [-0.15, -0.1) is 0 Å². The standard InChI is InChI=1S/C25H28N4O9SSi/c1-40(2,3)13-12-38-14-27-20(30)11-10-18(24(27)32)28-23(31)17-8-4-6-15(21(17)25(28)33)16-7-5-9-19(39(26,36)37)22(16)29(34)35/h4-9,18H,10-14H2,1-3H3,(H2,26,36,37). The summed E-state index contributed by atoms with van der Waals surface area (Å²) in [5.41, 5.74) is -1.48. The maximum atomic E-state index is 13.7. The van der Waals surface area contributed by atoms with E-state index in [0.717, 1.165) is 21.9 Å². The van der Waals surface area contributed by atoms with Crippen molar-refractivity contribution >= 4 is 47.4 Å². The van der Waals surface area contributed by atoms with E-state index in [9.17, 15) is 37.7 Å². The summed E-state index contributed by atoms with van der Waals surface area (Å²) in [5, 5.41) is 17.1. The van der Waals surface area contributed by atoms with Crippen molar-refractivity contribution in [3.63, 3.8) is 0 Å². The van der Waals surface area contributed by atoms with Crippen LogP contribution in [0.1, 0.15) is 33.6 Å². The molecule has 0 radical (unpaired) electrons. The molecule has 0 aliphatic carbocycles. The number of imide groups is 2. The fraction of sp³-hybridized carbons (Fsp3) is 0.360. The minimum atomic E-state index is -4.51. The summed E-state index contributed by atoms with van der Waals surface area (Å²) < 4.78 is 29.7. The maximum absolute atomic E-state index is 13.7. The first-order valence-corrected chi connectivity index (χ1v) is 17.6. The van der Waals surface area contributed by atoms with Crippen molar-refractivity contribution in [3.8, 4) is 11.1 Å². The molecule has 0 bridgehead atoms. The molecule has 4 rings (SSSR count). The van der Waals surface area contributed by atoms with Gasteiger partial charge >= 0.3 is 0 Å². The van der Waals surface area contributed by atoms with Gasteiger partial charge < -0.3 is 4.74 Å². The minimum Gasteiger partial charge on any atom is -0.361 e. The number of hydrogen-bond donors (Lipinski definition) is 1. The number of ether oxygens (including phenoxy) is 1. The molecule has 2 N–H and O–H groups in total. The van der Waals surface area contributed by atoms with Crippen LogP contribution in [0, 0.1) is 10.1 Å². The highest BCUT2D eigenvalue weighted by Gasteiger charge is 2.48. The van der Waals surface area contributed by atoms with E-state index in [1.807, 2.05) is 0 Å². The van der Waals surface area contributed by atoms with E-state index in [1.165, 1.54) is 30.3 Å². The largest absolute Gasteiger partial charge is 0.361 e. The van der Waals surface area contributed by atoms with Crippen molar-refractivity contribution in [1.29, 1.82) is 0 Å². The van der Waals surface area contributed by atoms with E-state index < -0.39 is 63.3 Å². The van der Waals surface area contributed by atoms with Crippen LogP contribution in [0.25, 0.3) is 11.1 Å². The third kappa shape index (κ3) is 5.45. The molecule has 1 saturated heterocycles. The highest BCUT2D eigenvalue weighted by molar-refractivity contribution is 7.89. The highest BCUT2D eigenvalue weighted by Crippen LogP contribution is 2.41. The average Bonchev–Trinajstić information content (AvgIpc) is 3.12. The topological polar surface area (TPSA) is 187 Å². The van der Waals surface area contributed by atoms with Crippen LogP contribution in [-0.2, 0) is 24.3 Å². The molecule has 2 aromatic rings. The van der Waals surface area contributed by atoms with Crippen LogP contribution in [0.2, 0.25) is 25.7 Å². The number of hydrogen-bond acceptors (Lipinski definition) is 9. The Bertz CT molecular complexity index is 1550. The van der Waals surface area contributed by atoms with Gasteiger partial charge in [-0.2, -0.15) is 0 Å². The smallest absolute Gasteiger partial charge is 0.297 e. The number of benzene rings is 2. The lowest BCUT2D eigenvalue weighted by Crippen LogP contribution is -2.56. The number of carbonyl (C=O) groups is 4. The Morgan fingerprint density at radius 2 is 1.65 bits per heavy atom. The fourth-order valence-corrected chi connectivity index (χ4v) is 6.18. The Hall–Kier alpha value is -3.79. The number of amides is 4. The number of para-hydroxylation sites is 1. The monoisotopic (exact) mass is 588 g/mol. The van der Waals surface area contributed by atoms with Gasteiger partial charge in [0.05, 0.1) is 21.6 Å². The predicted octanol–water partition coefficient (Wildman–Crippen LogP) is 2.34. The molecule has 2 aliphatic heterocycles. The molecule has 2 aromatic carbocycles. The normalized spacial score (nSPS) is 17.9. The van der Waals surface area contributed by atoms with Gasteiger partial charge in [0.1, 0.15) is 12.8 Å². The Labute approximate surface area is 231 Å². The first kappa shape index (κ1) is 29.2. The van der Waals surface area contributed by atoms with E-state index in [4.69, 9.17) is 9.88 Å². The number of nitro groups is 1. The van der Waals surface area contributed by atoms with Crippen LogP contribution in [0.15, 0.2) is 41.3 Å². The third-order valence-corrected chi connectivity index (χ3v) is 9.38. The highest BCUT2D eigenvalue weighted by atomic mass is 32.2. The molecule has 4 amide bonds. The quantitative estimate of drug-likeness (QED) is 0.151. The molecule has 2 aliphatic rings. The van der Waals surface area contributed by atoms with Crippen LogP contribution < -0.4 is 5.14 Å². The molecule has 2 heterocycles. The first-order valence-electron chi connectivity index (χ1n) is 12.4. The molecule has 40 heavy (non-hydrogen) atoms. The molecular formula is C25H28N4O9SSi. The van der Waals surface area contributed by atoms with Crippen LogP contribution in [-0.4, -0.2) is 74.2 Å². The van der Waals surface area contributed by atoms with Crippen molar-refractivity contribution < 1.29 is 37.3 Å². The van der Waals surface area contributed by atoms with Crippen LogP contribution in [0.3, 0.4) is 0 Å². The van der Waals surface area contributed by atoms with E-state index in [1.54, 1.807) is 0 Å². The molecule has 0 spiro atoms. The van der Waals surface area contributed by atoms with Gasteiger partial charge in [-0.25, -0.2) is 13.6 Å². The SMILES string of the molecule is C[Si](C)(C)CCOCN1C(=O)CCC(N2C(=O)c3cccc(-c4cccc(S(N)(=O)=O)c4[N+](=O)[O-])c3C2=O)C1=O. The summed E-state index contributed by atoms with van der Waals surface area (Å²) in [6.45, 7) is 6.50. The van der Waals surface area contributed by atoms with Crippen molar-refractivity contribution in [2.24, 2.45) is 5.14 Å². The summed E-state index contributed by atoms with van der Waals surface area (Å²) in [6, 6.07) is 7.04. The van der Waals surface area contributed by atoms with Gasteiger partial charge in [0.15, 0.2) is 4.90 Å².